The number of aliphatic hydroxyl groups excluding tert-OH is 1. The molecule has 0 saturated carbocycles. The Morgan fingerprint density at radius 1 is 0.952 bits per heavy atom. The first-order valence-corrected chi connectivity index (χ1v) is 14.4. The van der Waals surface area contributed by atoms with Gasteiger partial charge in [0, 0.05) is 13.0 Å². The Kier molecular flexibility index (Phi) is 6.61. The van der Waals surface area contributed by atoms with Crippen LogP contribution in [0.4, 0.5) is 0 Å². The van der Waals surface area contributed by atoms with Crippen molar-refractivity contribution in [1.82, 2.24) is 0 Å². The fourth-order valence-corrected chi connectivity index (χ4v) is 4.78. The van der Waals surface area contributed by atoms with Crippen LogP contribution in [0.15, 0.2) is 0 Å². The standard InChI is InChI=1S/C14H32O5Si2/c1-10-11(9-15)17-14(16-2)13(19-21(6,7)8)12(10)18-20(3,4)5/h10-15H,9H2,1-8H3/t10-,11?,12+,13?,14+/m1/s1. The predicted octanol–water partition coefficient (Wildman–Crippen LogP) is 2.43. The second-order valence-electron chi connectivity index (χ2n) is 7.71. The summed E-state index contributed by atoms with van der Waals surface area (Å²) in [4.78, 5) is 0. The molecule has 1 heterocycles. The van der Waals surface area contributed by atoms with E-state index >= 15 is 0 Å². The first-order valence-electron chi connectivity index (χ1n) is 7.63. The molecule has 0 aromatic heterocycles. The van der Waals surface area contributed by atoms with Gasteiger partial charge in [0.15, 0.2) is 22.9 Å². The molecule has 1 fully saturated rings. The van der Waals surface area contributed by atoms with Crippen molar-refractivity contribution in [3.63, 3.8) is 0 Å². The van der Waals surface area contributed by atoms with E-state index in [0.29, 0.717) is 0 Å². The quantitative estimate of drug-likeness (QED) is 0.755. The zero-order chi connectivity index (χ0) is 16.4. The maximum absolute atomic E-state index is 9.55. The molecule has 1 rings (SSSR count). The second kappa shape index (κ2) is 7.20. The first-order chi connectivity index (χ1) is 9.48. The van der Waals surface area contributed by atoms with E-state index in [1.165, 1.54) is 0 Å². The van der Waals surface area contributed by atoms with Gasteiger partial charge < -0.3 is 23.4 Å². The number of hydrogen-bond acceptors (Lipinski definition) is 5. The van der Waals surface area contributed by atoms with Gasteiger partial charge in [0.05, 0.1) is 18.8 Å². The second-order valence-corrected chi connectivity index (χ2v) is 16.6. The van der Waals surface area contributed by atoms with Crippen LogP contribution in [0.1, 0.15) is 6.92 Å². The minimum atomic E-state index is -1.77. The van der Waals surface area contributed by atoms with E-state index in [4.69, 9.17) is 18.3 Å². The van der Waals surface area contributed by atoms with Gasteiger partial charge in [-0.05, 0) is 39.3 Å². The molecule has 21 heavy (non-hydrogen) atoms. The molecular weight excluding hydrogens is 304 g/mol. The molecular formula is C14H32O5Si2. The smallest absolute Gasteiger partial charge is 0.185 e. The molecule has 0 amide bonds. The van der Waals surface area contributed by atoms with Crippen molar-refractivity contribution in [2.24, 2.45) is 5.92 Å². The molecule has 2 unspecified atom stereocenters. The summed E-state index contributed by atoms with van der Waals surface area (Å²) >= 11 is 0. The molecule has 1 N–H and O–H groups in total. The first kappa shape index (κ1) is 19.3. The summed E-state index contributed by atoms with van der Waals surface area (Å²) in [5.41, 5.74) is 0. The Morgan fingerprint density at radius 2 is 1.43 bits per heavy atom. The Hall–Kier alpha value is 0.234. The SMILES string of the molecule is CO[C@H]1OC(CO)[C@@H](C)[C@H](O[Si](C)(C)C)C1O[Si](C)(C)C. The highest BCUT2D eigenvalue weighted by Crippen LogP contribution is 2.33. The molecule has 5 nitrogen and oxygen atoms in total. The van der Waals surface area contributed by atoms with Crippen molar-refractivity contribution in [3.8, 4) is 0 Å². The molecule has 0 aromatic carbocycles. The molecule has 1 aliphatic heterocycles. The van der Waals surface area contributed by atoms with Crippen LogP contribution in [0.3, 0.4) is 0 Å². The third-order valence-corrected chi connectivity index (χ3v) is 5.36. The van der Waals surface area contributed by atoms with Crippen LogP contribution in [0.25, 0.3) is 0 Å². The fraction of sp³-hybridized carbons (Fsp3) is 1.00. The van der Waals surface area contributed by atoms with Crippen LogP contribution >= 0.6 is 0 Å². The summed E-state index contributed by atoms with van der Waals surface area (Å²) in [6.07, 6.45) is -1.13. The maximum Gasteiger partial charge on any atom is 0.185 e. The van der Waals surface area contributed by atoms with Crippen molar-refractivity contribution in [1.29, 1.82) is 0 Å². The van der Waals surface area contributed by atoms with Crippen LogP contribution in [0.2, 0.25) is 39.3 Å². The summed E-state index contributed by atoms with van der Waals surface area (Å²) in [6, 6.07) is 0. The van der Waals surface area contributed by atoms with Crippen LogP contribution in [0, 0.1) is 5.92 Å². The summed E-state index contributed by atoms with van der Waals surface area (Å²) in [7, 11) is -1.90. The highest BCUT2D eigenvalue weighted by atomic mass is 28.4. The summed E-state index contributed by atoms with van der Waals surface area (Å²) < 4.78 is 24.0. The fourth-order valence-electron chi connectivity index (χ4n) is 2.55. The highest BCUT2D eigenvalue weighted by molar-refractivity contribution is 6.70. The summed E-state index contributed by atoms with van der Waals surface area (Å²) in [5.74, 6) is 0.0643. The summed E-state index contributed by atoms with van der Waals surface area (Å²) in [5, 5.41) is 9.55. The highest BCUT2D eigenvalue weighted by Gasteiger charge is 2.47. The van der Waals surface area contributed by atoms with E-state index in [-0.39, 0.29) is 30.8 Å². The zero-order valence-corrected chi connectivity index (χ0v) is 16.7. The normalized spacial score (nSPS) is 35.0. The van der Waals surface area contributed by atoms with Gasteiger partial charge in [-0.1, -0.05) is 6.92 Å². The van der Waals surface area contributed by atoms with E-state index in [2.05, 4.69) is 46.2 Å². The number of methoxy groups -OCH3 is 1. The van der Waals surface area contributed by atoms with E-state index in [1.54, 1.807) is 7.11 Å². The van der Waals surface area contributed by atoms with E-state index < -0.39 is 22.9 Å². The molecule has 1 saturated heterocycles. The Bertz CT molecular complexity index is 326. The van der Waals surface area contributed by atoms with Gasteiger partial charge in [-0.25, -0.2) is 0 Å². The Morgan fingerprint density at radius 3 is 1.81 bits per heavy atom. The minimum Gasteiger partial charge on any atom is -0.412 e. The van der Waals surface area contributed by atoms with Gasteiger partial charge in [0.25, 0.3) is 0 Å². The van der Waals surface area contributed by atoms with Crippen LogP contribution in [-0.2, 0) is 18.3 Å². The monoisotopic (exact) mass is 336 g/mol. The molecule has 126 valence electrons. The third kappa shape index (κ3) is 5.74. The van der Waals surface area contributed by atoms with Gasteiger partial charge in [-0.3, -0.25) is 0 Å². The van der Waals surface area contributed by atoms with Crippen molar-refractivity contribution < 1.29 is 23.4 Å². The van der Waals surface area contributed by atoms with Crippen molar-refractivity contribution in [2.75, 3.05) is 13.7 Å². The molecule has 0 radical (unpaired) electrons. The van der Waals surface area contributed by atoms with Crippen LogP contribution in [-0.4, -0.2) is 60.1 Å². The average molecular weight is 337 g/mol. The number of ether oxygens (including phenoxy) is 2. The molecule has 1 aliphatic rings. The number of hydrogen-bond donors (Lipinski definition) is 1. The minimum absolute atomic E-state index is 0.0355. The lowest BCUT2D eigenvalue weighted by Gasteiger charge is -2.48. The average Bonchev–Trinajstić information content (AvgIpc) is 2.31. The van der Waals surface area contributed by atoms with Gasteiger partial charge in [0.2, 0.25) is 0 Å². The predicted molar refractivity (Wildman–Crippen MR) is 88.4 cm³/mol. The molecule has 5 atom stereocenters. The third-order valence-electron chi connectivity index (χ3n) is 3.40. The van der Waals surface area contributed by atoms with Gasteiger partial charge in [0.1, 0.15) is 6.10 Å². The largest absolute Gasteiger partial charge is 0.412 e. The lowest BCUT2D eigenvalue weighted by Crippen LogP contribution is -2.61. The van der Waals surface area contributed by atoms with E-state index in [9.17, 15) is 5.11 Å². The molecule has 0 aromatic rings. The van der Waals surface area contributed by atoms with Crippen LogP contribution < -0.4 is 0 Å². The van der Waals surface area contributed by atoms with Crippen molar-refractivity contribution >= 4 is 16.6 Å². The maximum atomic E-state index is 9.55. The molecule has 0 aliphatic carbocycles. The number of aliphatic hydroxyl groups is 1. The molecule has 0 bridgehead atoms. The Balaban J connectivity index is 3.04. The van der Waals surface area contributed by atoms with E-state index in [1.807, 2.05) is 0 Å². The van der Waals surface area contributed by atoms with Crippen molar-refractivity contribution in [2.45, 2.75) is 70.8 Å². The van der Waals surface area contributed by atoms with Crippen LogP contribution in [0.5, 0.6) is 0 Å². The topological polar surface area (TPSA) is 57.2 Å². The van der Waals surface area contributed by atoms with Crippen molar-refractivity contribution in [3.05, 3.63) is 0 Å². The Labute approximate surface area is 131 Å². The van der Waals surface area contributed by atoms with Gasteiger partial charge in [-0.2, -0.15) is 0 Å². The number of rotatable bonds is 6. The zero-order valence-electron chi connectivity index (χ0n) is 14.7. The van der Waals surface area contributed by atoms with E-state index in [0.717, 1.165) is 0 Å². The summed E-state index contributed by atoms with van der Waals surface area (Å²) in [6.45, 7) is 14.9. The lowest BCUT2D eigenvalue weighted by molar-refractivity contribution is -0.272. The molecule has 7 heteroatoms. The van der Waals surface area contributed by atoms with Gasteiger partial charge >= 0.3 is 0 Å². The van der Waals surface area contributed by atoms with Gasteiger partial charge in [-0.15, -0.1) is 0 Å². The molecule has 0 spiro atoms. The lowest BCUT2D eigenvalue weighted by atomic mass is 9.91.